The Bertz CT molecular complexity index is 366. The molecule has 2 nitrogen and oxygen atoms in total. The average Bonchev–Trinajstić information content (AvgIpc) is 2.86. The standard InChI is InChI=1S/C12H15NOS/c1-10(6-11-3-5-15-9-11)13-7-12-2-4-14-8-12/h2-5,8-10,13H,6-7H2,1H3. The smallest absolute Gasteiger partial charge is 0.0947 e. The zero-order chi connectivity index (χ0) is 10.5. The Morgan fingerprint density at radius 2 is 2.33 bits per heavy atom. The summed E-state index contributed by atoms with van der Waals surface area (Å²) < 4.78 is 5.01. The maximum Gasteiger partial charge on any atom is 0.0947 e. The van der Waals surface area contributed by atoms with Gasteiger partial charge >= 0.3 is 0 Å². The van der Waals surface area contributed by atoms with E-state index in [1.54, 1.807) is 23.9 Å². The first kappa shape index (κ1) is 10.5. The zero-order valence-corrected chi connectivity index (χ0v) is 9.59. The van der Waals surface area contributed by atoms with Crippen LogP contribution < -0.4 is 5.32 Å². The highest BCUT2D eigenvalue weighted by Gasteiger charge is 2.03. The van der Waals surface area contributed by atoms with Gasteiger partial charge in [0.15, 0.2) is 0 Å². The predicted octanol–water partition coefficient (Wildman–Crippen LogP) is 3.06. The second-order valence-corrected chi connectivity index (χ2v) is 4.53. The van der Waals surface area contributed by atoms with E-state index in [0.717, 1.165) is 13.0 Å². The largest absolute Gasteiger partial charge is 0.472 e. The highest BCUT2D eigenvalue weighted by atomic mass is 32.1. The lowest BCUT2D eigenvalue weighted by molar-refractivity contribution is 0.533. The molecule has 0 aliphatic heterocycles. The van der Waals surface area contributed by atoms with Crippen LogP contribution in [0.3, 0.4) is 0 Å². The van der Waals surface area contributed by atoms with Gasteiger partial charge in [0.25, 0.3) is 0 Å². The van der Waals surface area contributed by atoms with Gasteiger partial charge in [-0.1, -0.05) is 0 Å². The first-order chi connectivity index (χ1) is 7.34. The fraction of sp³-hybridized carbons (Fsp3) is 0.333. The molecule has 0 amide bonds. The molecular formula is C12H15NOS. The Balaban J connectivity index is 1.76. The zero-order valence-electron chi connectivity index (χ0n) is 8.77. The van der Waals surface area contributed by atoms with E-state index in [9.17, 15) is 0 Å². The summed E-state index contributed by atoms with van der Waals surface area (Å²) in [5.41, 5.74) is 2.61. The van der Waals surface area contributed by atoms with Gasteiger partial charge in [-0.3, -0.25) is 0 Å². The van der Waals surface area contributed by atoms with Crippen molar-refractivity contribution in [2.24, 2.45) is 0 Å². The number of nitrogens with one attached hydrogen (secondary N) is 1. The van der Waals surface area contributed by atoms with Gasteiger partial charge in [-0.2, -0.15) is 11.3 Å². The molecular weight excluding hydrogens is 206 g/mol. The molecule has 0 bridgehead atoms. The van der Waals surface area contributed by atoms with E-state index in [-0.39, 0.29) is 0 Å². The summed E-state index contributed by atoms with van der Waals surface area (Å²) in [5.74, 6) is 0. The van der Waals surface area contributed by atoms with Gasteiger partial charge in [-0.15, -0.1) is 0 Å². The molecule has 0 saturated carbocycles. The SMILES string of the molecule is CC(Cc1ccsc1)NCc1ccoc1. The monoisotopic (exact) mass is 221 g/mol. The predicted molar refractivity (Wildman–Crippen MR) is 63.0 cm³/mol. The molecule has 0 saturated heterocycles. The van der Waals surface area contributed by atoms with Gasteiger partial charge in [0.1, 0.15) is 0 Å². The van der Waals surface area contributed by atoms with Crippen LogP contribution in [0.5, 0.6) is 0 Å². The third-order valence-electron chi connectivity index (χ3n) is 2.36. The molecule has 0 aliphatic carbocycles. The normalized spacial score (nSPS) is 12.9. The van der Waals surface area contributed by atoms with Crippen molar-refractivity contribution < 1.29 is 4.42 Å². The number of hydrogen-bond acceptors (Lipinski definition) is 3. The molecule has 2 aromatic rings. The Labute approximate surface area is 93.9 Å². The molecule has 0 radical (unpaired) electrons. The lowest BCUT2D eigenvalue weighted by atomic mass is 10.1. The summed E-state index contributed by atoms with van der Waals surface area (Å²) in [6.45, 7) is 3.08. The molecule has 3 heteroatoms. The fourth-order valence-corrected chi connectivity index (χ4v) is 2.20. The molecule has 2 heterocycles. The summed E-state index contributed by atoms with van der Waals surface area (Å²) in [4.78, 5) is 0. The number of hydrogen-bond donors (Lipinski definition) is 1. The Hall–Kier alpha value is -1.06. The van der Waals surface area contributed by atoms with E-state index < -0.39 is 0 Å². The average molecular weight is 221 g/mol. The summed E-state index contributed by atoms with van der Waals surface area (Å²) in [6.07, 6.45) is 4.58. The summed E-state index contributed by atoms with van der Waals surface area (Å²) >= 11 is 1.75. The summed E-state index contributed by atoms with van der Waals surface area (Å²) in [6, 6.07) is 4.67. The Kier molecular flexibility index (Phi) is 3.59. The van der Waals surface area contributed by atoms with Crippen LogP contribution >= 0.6 is 11.3 Å². The van der Waals surface area contributed by atoms with Crippen molar-refractivity contribution in [1.29, 1.82) is 0 Å². The lowest BCUT2D eigenvalue weighted by Crippen LogP contribution is -2.27. The third-order valence-corrected chi connectivity index (χ3v) is 3.09. The minimum Gasteiger partial charge on any atom is -0.472 e. The maximum absolute atomic E-state index is 5.01. The van der Waals surface area contributed by atoms with Crippen molar-refractivity contribution >= 4 is 11.3 Å². The molecule has 1 unspecified atom stereocenters. The van der Waals surface area contributed by atoms with Crippen LogP contribution in [0.4, 0.5) is 0 Å². The number of furan rings is 1. The Morgan fingerprint density at radius 3 is 3.00 bits per heavy atom. The molecule has 15 heavy (non-hydrogen) atoms. The topological polar surface area (TPSA) is 25.2 Å². The molecule has 2 rings (SSSR count). The van der Waals surface area contributed by atoms with E-state index in [1.807, 2.05) is 6.07 Å². The van der Waals surface area contributed by atoms with Gasteiger partial charge in [-0.05, 0) is 41.8 Å². The molecule has 1 atom stereocenters. The second-order valence-electron chi connectivity index (χ2n) is 3.75. The van der Waals surface area contributed by atoms with E-state index >= 15 is 0 Å². The molecule has 1 N–H and O–H groups in total. The van der Waals surface area contributed by atoms with Crippen LogP contribution in [0, 0.1) is 0 Å². The highest BCUT2D eigenvalue weighted by molar-refractivity contribution is 7.07. The minimum absolute atomic E-state index is 0.495. The highest BCUT2D eigenvalue weighted by Crippen LogP contribution is 2.09. The van der Waals surface area contributed by atoms with Crippen LogP contribution in [0.25, 0.3) is 0 Å². The van der Waals surface area contributed by atoms with Crippen molar-refractivity contribution in [3.8, 4) is 0 Å². The van der Waals surface area contributed by atoms with Crippen molar-refractivity contribution in [1.82, 2.24) is 5.32 Å². The molecule has 0 aromatic carbocycles. The van der Waals surface area contributed by atoms with Gasteiger partial charge in [0.2, 0.25) is 0 Å². The molecule has 0 fully saturated rings. The fourth-order valence-electron chi connectivity index (χ4n) is 1.52. The van der Waals surface area contributed by atoms with Crippen molar-refractivity contribution in [2.75, 3.05) is 0 Å². The third kappa shape index (κ3) is 3.22. The lowest BCUT2D eigenvalue weighted by Gasteiger charge is -2.11. The van der Waals surface area contributed by atoms with E-state index in [4.69, 9.17) is 4.42 Å². The van der Waals surface area contributed by atoms with Gasteiger partial charge < -0.3 is 9.73 Å². The van der Waals surface area contributed by atoms with Crippen LogP contribution in [-0.2, 0) is 13.0 Å². The van der Waals surface area contributed by atoms with Crippen LogP contribution in [0.2, 0.25) is 0 Å². The van der Waals surface area contributed by atoms with Gasteiger partial charge in [-0.25, -0.2) is 0 Å². The molecule has 80 valence electrons. The number of thiophene rings is 1. The van der Waals surface area contributed by atoms with E-state index in [2.05, 4.69) is 29.1 Å². The van der Waals surface area contributed by atoms with Crippen LogP contribution in [0.15, 0.2) is 39.8 Å². The van der Waals surface area contributed by atoms with Crippen molar-refractivity contribution in [3.05, 3.63) is 46.5 Å². The number of rotatable bonds is 5. The van der Waals surface area contributed by atoms with Gasteiger partial charge in [0.05, 0.1) is 12.5 Å². The minimum atomic E-state index is 0.495. The van der Waals surface area contributed by atoms with Crippen LogP contribution in [-0.4, -0.2) is 6.04 Å². The molecule has 0 aliphatic rings. The Morgan fingerprint density at radius 1 is 1.40 bits per heavy atom. The maximum atomic E-state index is 5.01. The quantitative estimate of drug-likeness (QED) is 0.839. The van der Waals surface area contributed by atoms with Crippen molar-refractivity contribution in [3.63, 3.8) is 0 Å². The van der Waals surface area contributed by atoms with Gasteiger partial charge in [0, 0.05) is 18.2 Å². The van der Waals surface area contributed by atoms with Crippen LogP contribution in [0.1, 0.15) is 18.1 Å². The summed E-state index contributed by atoms with van der Waals surface area (Å²) in [7, 11) is 0. The first-order valence-corrected chi connectivity index (χ1v) is 6.04. The van der Waals surface area contributed by atoms with Crippen molar-refractivity contribution in [2.45, 2.75) is 25.9 Å². The molecule has 2 aromatic heterocycles. The second kappa shape index (κ2) is 5.14. The van der Waals surface area contributed by atoms with E-state index in [1.165, 1.54) is 11.1 Å². The van der Waals surface area contributed by atoms with E-state index in [0.29, 0.717) is 6.04 Å². The molecule has 0 spiro atoms. The first-order valence-electron chi connectivity index (χ1n) is 5.10. The summed E-state index contributed by atoms with van der Waals surface area (Å²) in [5, 5.41) is 7.80.